The first kappa shape index (κ1) is 10.4. The lowest BCUT2D eigenvalue weighted by Crippen LogP contribution is -2.10. The zero-order valence-electron chi connectivity index (χ0n) is 8.47. The molecule has 0 saturated heterocycles. The minimum Gasteiger partial charge on any atom is -0.383 e. The molecule has 2 N–H and O–H groups in total. The van der Waals surface area contributed by atoms with E-state index in [2.05, 4.69) is 9.97 Å². The summed E-state index contributed by atoms with van der Waals surface area (Å²) in [4.78, 5) is 8.13. The molecule has 1 saturated carbocycles. The van der Waals surface area contributed by atoms with Gasteiger partial charge in [0, 0.05) is 5.92 Å². The zero-order valence-corrected chi connectivity index (χ0v) is 9.29. The molecule has 2 rings (SSSR count). The van der Waals surface area contributed by atoms with E-state index in [9.17, 15) is 8.42 Å². The molecule has 82 valence electrons. The fraction of sp³-hybridized carbons (Fsp3) is 0.556. The van der Waals surface area contributed by atoms with Crippen molar-refractivity contribution in [1.29, 1.82) is 0 Å². The van der Waals surface area contributed by atoms with Crippen LogP contribution in [0.5, 0.6) is 0 Å². The maximum absolute atomic E-state index is 11.6. The van der Waals surface area contributed by atoms with E-state index >= 15 is 0 Å². The summed E-state index contributed by atoms with van der Waals surface area (Å²) in [5, 5.41) is 0. The predicted molar refractivity (Wildman–Crippen MR) is 56.1 cm³/mol. The largest absolute Gasteiger partial charge is 0.383 e. The second-order valence-electron chi connectivity index (χ2n) is 3.66. The second-order valence-corrected chi connectivity index (χ2v) is 5.90. The third-order valence-electron chi connectivity index (χ3n) is 2.46. The van der Waals surface area contributed by atoms with Crippen LogP contribution in [0.2, 0.25) is 0 Å². The van der Waals surface area contributed by atoms with Crippen LogP contribution >= 0.6 is 0 Å². The topological polar surface area (TPSA) is 85.9 Å². The van der Waals surface area contributed by atoms with E-state index in [1.165, 1.54) is 6.20 Å². The first-order chi connectivity index (χ1) is 7.04. The number of hydrogen-bond donors (Lipinski definition) is 1. The number of rotatable bonds is 3. The van der Waals surface area contributed by atoms with Crippen LogP contribution in [0.25, 0.3) is 0 Å². The molecule has 0 radical (unpaired) electrons. The van der Waals surface area contributed by atoms with Crippen LogP contribution in [-0.2, 0) is 9.84 Å². The van der Waals surface area contributed by atoms with Gasteiger partial charge in [0.1, 0.15) is 16.5 Å². The molecule has 0 aliphatic heterocycles. The van der Waals surface area contributed by atoms with E-state index in [4.69, 9.17) is 5.73 Å². The highest BCUT2D eigenvalue weighted by atomic mass is 32.2. The van der Waals surface area contributed by atoms with Gasteiger partial charge in [0.2, 0.25) is 0 Å². The van der Waals surface area contributed by atoms with Gasteiger partial charge in [0.25, 0.3) is 0 Å². The first-order valence-electron chi connectivity index (χ1n) is 4.89. The third kappa shape index (κ3) is 1.94. The Morgan fingerprint density at radius 3 is 2.67 bits per heavy atom. The van der Waals surface area contributed by atoms with Gasteiger partial charge in [-0.05, 0) is 12.8 Å². The number of aromatic nitrogens is 2. The summed E-state index contributed by atoms with van der Waals surface area (Å²) in [7, 11) is -3.30. The molecule has 15 heavy (non-hydrogen) atoms. The Morgan fingerprint density at radius 2 is 2.20 bits per heavy atom. The van der Waals surface area contributed by atoms with Crippen molar-refractivity contribution in [2.75, 3.05) is 11.5 Å². The van der Waals surface area contributed by atoms with E-state index in [1.807, 2.05) is 0 Å². The van der Waals surface area contributed by atoms with E-state index in [0.29, 0.717) is 11.7 Å². The summed E-state index contributed by atoms with van der Waals surface area (Å²) < 4.78 is 23.1. The van der Waals surface area contributed by atoms with Crippen LogP contribution in [0.15, 0.2) is 11.1 Å². The summed E-state index contributed by atoms with van der Waals surface area (Å²) >= 11 is 0. The SMILES string of the molecule is CCS(=O)(=O)c1cnc(C2CC2)nc1N. The van der Waals surface area contributed by atoms with Crippen LogP contribution in [-0.4, -0.2) is 24.1 Å². The molecule has 1 fully saturated rings. The van der Waals surface area contributed by atoms with Crippen LogP contribution in [0.1, 0.15) is 31.5 Å². The zero-order chi connectivity index (χ0) is 11.1. The molecule has 0 bridgehead atoms. The summed E-state index contributed by atoms with van der Waals surface area (Å²) in [6.45, 7) is 1.57. The normalized spacial score (nSPS) is 16.6. The average Bonchev–Trinajstić information content (AvgIpc) is 3.00. The smallest absolute Gasteiger partial charge is 0.183 e. The van der Waals surface area contributed by atoms with Crippen molar-refractivity contribution < 1.29 is 8.42 Å². The van der Waals surface area contributed by atoms with Gasteiger partial charge >= 0.3 is 0 Å². The number of anilines is 1. The van der Waals surface area contributed by atoms with Crippen molar-refractivity contribution in [1.82, 2.24) is 9.97 Å². The lowest BCUT2D eigenvalue weighted by Gasteiger charge is -2.05. The maximum Gasteiger partial charge on any atom is 0.183 e. The molecule has 1 aliphatic rings. The molecule has 5 nitrogen and oxygen atoms in total. The summed E-state index contributed by atoms with van der Waals surface area (Å²) in [6, 6.07) is 0. The number of nitrogens with zero attached hydrogens (tertiary/aromatic N) is 2. The van der Waals surface area contributed by atoms with Crippen LogP contribution in [0, 0.1) is 0 Å². The molecule has 1 heterocycles. The van der Waals surface area contributed by atoms with E-state index in [0.717, 1.165) is 12.8 Å². The Kier molecular flexibility index (Phi) is 2.38. The minimum atomic E-state index is -3.30. The van der Waals surface area contributed by atoms with Gasteiger partial charge in [-0.25, -0.2) is 18.4 Å². The minimum absolute atomic E-state index is 0.0172. The van der Waals surface area contributed by atoms with Gasteiger partial charge in [-0.2, -0.15) is 0 Å². The van der Waals surface area contributed by atoms with E-state index < -0.39 is 9.84 Å². The highest BCUT2D eigenvalue weighted by Gasteiger charge is 2.28. The molecular formula is C9H13N3O2S. The average molecular weight is 227 g/mol. The number of nitrogens with two attached hydrogens (primary N) is 1. The molecule has 0 unspecified atom stereocenters. The Balaban J connectivity index is 2.42. The highest BCUT2D eigenvalue weighted by Crippen LogP contribution is 2.38. The van der Waals surface area contributed by atoms with Crippen molar-refractivity contribution in [2.24, 2.45) is 0 Å². The molecule has 0 atom stereocenters. The monoisotopic (exact) mass is 227 g/mol. The van der Waals surface area contributed by atoms with Gasteiger partial charge in [-0.3, -0.25) is 0 Å². The Hall–Kier alpha value is -1.17. The number of nitrogen functional groups attached to an aromatic ring is 1. The van der Waals surface area contributed by atoms with Crippen LogP contribution in [0.3, 0.4) is 0 Å². The van der Waals surface area contributed by atoms with Gasteiger partial charge < -0.3 is 5.73 Å². The standard InChI is InChI=1S/C9H13N3O2S/c1-2-15(13,14)7-5-11-9(6-3-4-6)12-8(7)10/h5-6H,2-4H2,1H3,(H2,10,11,12). The molecule has 1 aromatic rings. The summed E-state index contributed by atoms with van der Waals surface area (Å²) in [5.41, 5.74) is 5.62. The molecule has 6 heteroatoms. The Bertz CT molecular complexity index is 480. The predicted octanol–water partition coefficient (Wildman–Crippen LogP) is 0.730. The summed E-state index contributed by atoms with van der Waals surface area (Å²) in [6.07, 6.45) is 3.47. The van der Waals surface area contributed by atoms with Crippen molar-refractivity contribution in [3.8, 4) is 0 Å². The first-order valence-corrected chi connectivity index (χ1v) is 6.55. The maximum atomic E-state index is 11.6. The molecule has 0 amide bonds. The lowest BCUT2D eigenvalue weighted by molar-refractivity contribution is 0.596. The lowest BCUT2D eigenvalue weighted by atomic mass is 10.4. The number of sulfone groups is 1. The van der Waals surface area contributed by atoms with Gasteiger partial charge in [0.05, 0.1) is 11.9 Å². The van der Waals surface area contributed by atoms with E-state index in [-0.39, 0.29) is 16.5 Å². The van der Waals surface area contributed by atoms with Gasteiger partial charge in [0.15, 0.2) is 9.84 Å². The second kappa shape index (κ2) is 3.44. The quantitative estimate of drug-likeness (QED) is 0.822. The third-order valence-corrected chi connectivity index (χ3v) is 4.20. The number of hydrogen-bond acceptors (Lipinski definition) is 5. The molecule has 1 aromatic heterocycles. The van der Waals surface area contributed by atoms with Gasteiger partial charge in [-0.1, -0.05) is 6.92 Å². The van der Waals surface area contributed by atoms with Crippen molar-refractivity contribution >= 4 is 15.7 Å². The van der Waals surface area contributed by atoms with Crippen molar-refractivity contribution in [3.05, 3.63) is 12.0 Å². The molecule has 0 spiro atoms. The van der Waals surface area contributed by atoms with Crippen molar-refractivity contribution in [3.63, 3.8) is 0 Å². The van der Waals surface area contributed by atoms with Crippen molar-refractivity contribution in [2.45, 2.75) is 30.6 Å². The Labute approximate surface area is 88.7 Å². The fourth-order valence-corrected chi connectivity index (χ4v) is 2.22. The Morgan fingerprint density at radius 1 is 1.53 bits per heavy atom. The van der Waals surface area contributed by atoms with Gasteiger partial charge in [-0.15, -0.1) is 0 Å². The molecule has 0 aromatic carbocycles. The van der Waals surface area contributed by atoms with Crippen LogP contribution < -0.4 is 5.73 Å². The summed E-state index contributed by atoms with van der Waals surface area (Å²) in [5.74, 6) is 1.14. The van der Waals surface area contributed by atoms with E-state index in [1.54, 1.807) is 6.92 Å². The molecular weight excluding hydrogens is 214 g/mol. The fourth-order valence-electron chi connectivity index (χ4n) is 1.33. The molecule has 1 aliphatic carbocycles. The highest BCUT2D eigenvalue weighted by molar-refractivity contribution is 7.91. The van der Waals surface area contributed by atoms with Crippen LogP contribution in [0.4, 0.5) is 5.82 Å².